The molecule has 2 heteroatoms. The quantitative estimate of drug-likeness (QED) is 0.721. The van der Waals surface area contributed by atoms with Crippen molar-refractivity contribution in [1.29, 1.82) is 0 Å². The molecule has 0 bridgehead atoms. The molecule has 0 radical (unpaired) electrons. The van der Waals surface area contributed by atoms with Gasteiger partial charge < -0.3 is 9.47 Å². The molecular formula is C14H18O2. The fraction of sp³-hybridized carbons (Fsp3) is 0.571. The lowest BCUT2D eigenvalue weighted by Gasteiger charge is -2.35. The van der Waals surface area contributed by atoms with Crippen molar-refractivity contribution in [1.82, 2.24) is 0 Å². The Bertz CT molecular complexity index is 386. The third kappa shape index (κ3) is 1.57. The van der Waals surface area contributed by atoms with Gasteiger partial charge in [-0.2, -0.15) is 0 Å². The number of ether oxygens (including phenoxy) is 2. The minimum atomic E-state index is -0.0348. The molecule has 1 aliphatic heterocycles. The van der Waals surface area contributed by atoms with Crippen LogP contribution in [0.2, 0.25) is 0 Å². The molecule has 0 spiro atoms. The highest BCUT2D eigenvalue weighted by Gasteiger charge is 2.39. The van der Waals surface area contributed by atoms with Crippen LogP contribution < -0.4 is 0 Å². The highest BCUT2D eigenvalue weighted by molar-refractivity contribution is 5.35. The largest absolute Gasteiger partial charge is 0.352 e. The Morgan fingerprint density at radius 2 is 2.06 bits per heavy atom. The van der Waals surface area contributed by atoms with E-state index in [1.54, 1.807) is 0 Å². The summed E-state index contributed by atoms with van der Waals surface area (Å²) in [5.41, 5.74) is 2.81. The molecule has 0 aromatic heterocycles. The van der Waals surface area contributed by atoms with Crippen LogP contribution in [0.3, 0.4) is 0 Å². The van der Waals surface area contributed by atoms with Gasteiger partial charge in [0.25, 0.3) is 0 Å². The third-order valence-electron chi connectivity index (χ3n) is 3.57. The van der Waals surface area contributed by atoms with E-state index < -0.39 is 0 Å². The van der Waals surface area contributed by atoms with Crippen molar-refractivity contribution in [2.45, 2.75) is 32.7 Å². The van der Waals surface area contributed by atoms with E-state index in [1.807, 2.05) is 0 Å². The van der Waals surface area contributed by atoms with Crippen LogP contribution in [-0.2, 0) is 15.9 Å². The first-order chi connectivity index (χ1) is 7.75. The molecule has 16 heavy (non-hydrogen) atoms. The summed E-state index contributed by atoms with van der Waals surface area (Å²) in [6.07, 6.45) is 1.33. The second-order valence-electron chi connectivity index (χ2n) is 5.17. The standard InChI is InChI=1S/C14H18O2/c1-9(2)14-15-8-11-7-10-5-3-4-6-12(10)13(11)16-14/h3-6,9,11,13-14H,7-8H2,1-2H3/t11-,13-,14+/m1/s1. The number of hydrogen-bond acceptors (Lipinski definition) is 2. The van der Waals surface area contributed by atoms with Crippen molar-refractivity contribution < 1.29 is 9.47 Å². The molecule has 2 aliphatic rings. The van der Waals surface area contributed by atoms with Gasteiger partial charge in [-0.25, -0.2) is 0 Å². The van der Waals surface area contributed by atoms with Crippen LogP contribution in [0.15, 0.2) is 24.3 Å². The van der Waals surface area contributed by atoms with Gasteiger partial charge in [-0.15, -0.1) is 0 Å². The zero-order chi connectivity index (χ0) is 11.1. The van der Waals surface area contributed by atoms with E-state index in [0.29, 0.717) is 11.8 Å². The highest BCUT2D eigenvalue weighted by Crippen LogP contribution is 2.43. The Morgan fingerprint density at radius 3 is 2.88 bits per heavy atom. The molecule has 0 N–H and O–H groups in total. The van der Waals surface area contributed by atoms with Gasteiger partial charge in [0.15, 0.2) is 6.29 Å². The van der Waals surface area contributed by atoms with Crippen LogP contribution in [-0.4, -0.2) is 12.9 Å². The first-order valence-electron chi connectivity index (χ1n) is 6.10. The maximum atomic E-state index is 6.08. The first-order valence-corrected chi connectivity index (χ1v) is 6.10. The van der Waals surface area contributed by atoms with Gasteiger partial charge in [-0.1, -0.05) is 38.1 Å². The Labute approximate surface area is 96.6 Å². The van der Waals surface area contributed by atoms with Gasteiger partial charge in [0, 0.05) is 11.8 Å². The molecule has 1 saturated heterocycles. The molecule has 0 amide bonds. The van der Waals surface area contributed by atoms with Gasteiger partial charge in [0.2, 0.25) is 0 Å². The summed E-state index contributed by atoms with van der Waals surface area (Å²) >= 11 is 0. The number of hydrogen-bond donors (Lipinski definition) is 0. The second kappa shape index (κ2) is 3.86. The first kappa shape index (κ1) is 10.3. The van der Waals surface area contributed by atoms with Gasteiger partial charge in [-0.3, -0.25) is 0 Å². The molecule has 1 aliphatic carbocycles. The van der Waals surface area contributed by atoms with Crippen molar-refractivity contribution in [3.05, 3.63) is 35.4 Å². The summed E-state index contributed by atoms with van der Waals surface area (Å²) in [5.74, 6) is 0.945. The summed E-state index contributed by atoms with van der Waals surface area (Å²) in [4.78, 5) is 0. The summed E-state index contributed by atoms with van der Waals surface area (Å²) in [6.45, 7) is 5.12. The fourth-order valence-corrected chi connectivity index (χ4v) is 2.72. The van der Waals surface area contributed by atoms with E-state index in [-0.39, 0.29) is 12.4 Å². The number of fused-ring (bicyclic) bond motifs is 3. The lowest BCUT2D eigenvalue weighted by Crippen LogP contribution is -2.35. The van der Waals surface area contributed by atoms with Crippen molar-refractivity contribution in [3.63, 3.8) is 0 Å². The molecule has 1 heterocycles. The monoisotopic (exact) mass is 218 g/mol. The van der Waals surface area contributed by atoms with E-state index in [2.05, 4.69) is 38.1 Å². The number of benzene rings is 1. The summed E-state index contributed by atoms with van der Waals surface area (Å²) in [5, 5.41) is 0. The van der Waals surface area contributed by atoms with Crippen molar-refractivity contribution in [2.75, 3.05) is 6.61 Å². The topological polar surface area (TPSA) is 18.5 Å². The highest BCUT2D eigenvalue weighted by atomic mass is 16.7. The normalized spacial score (nSPS) is 32.6. The lowest BCUT2D eigenvalue weighted by atomic mass is 10.0. The summed E-state index contributed by atoms with van der Waals surface area (Å²) < 4.78 is 11.8. The second-order valence-corrected chi connectivity index (χ2v) is 5.17. The predicted octanol–water partition coefficient (Wildman–Crippen LogP) is 2.93. The fourth-order valence-electron chi connectivity index (χ4n) is 2.72. The van der Waals surface area contributed by atoms with E-state index >= 15 is 0 Å². The van der Waals surface area contributed by atoms with E-state index in [9.17, 15) is 0 Å². The van der Waals surface area contributed by atoms with E-state index in [4.69, 9.17) is 9.47 Å². The predicted molar refractivity (Wildman–Crippen MR) is 62.0 cm³/mol. The Kier molecular flexibility index (Phi) is 2.49. The van der Waals surface area contributed by atoms with Crippen LogP contribution in [0.1, 0.15) is 31.1 Å². The molecule has 0 saturated carbocycles. The van der Waals surface area contributed by atoms with Crippen LogP contribution in [0.5, 0.6) is 0 Å². The molecule has 3 atom stereocenters. The minimum absolute atomic E-state index is 0.0348. The maximum Gasteiger partial charge on any atom is 0.160 e. The molecule has 1 aromatic carbocycles. The summed E-state index contributed by atoms with van der Waals surface area (Å²) in [6, 6.07) is 8.62. The van der Waals surface area contributed by atoms with Crippen LogP contribution in [0.25, 0.3) is 0 Å². The molecule has 1 aromatic rings. The Balaban J connectivity index is 1.87. The Morgan fingerprint density at radius 1 is 1.25 bits per heavy atom. The van der Waals surface area contributed by atoms with Gasteiger partial charge in [-0.05, 0) is 17.5 Å². The Hall–Kier alpha value is -0.860. The maximum absolute atomic E-state index is 6.08. The zero-order valence-electron chi connectivity index (χ0n) is 9.85. The van der Waals surface area contributed by atoms with Crippen molar-refractivity contribution in [3.8, 4) is 0 Å². The van der Waals surface area contributed by atoms with Crippen LogP contribution in [0.4, 0.5) is 0 Å². The lowest BCUT2D eigenvalue weighted by molar-refractivity contribution is -0.251. The van der Waals surface area contributed by atoms with Gasteiger partial charge in [0.1, 0.15) is 0 Å². The van der Waals surface area contributed by atoms with Crippen molar-refractivity contribution in [2.24, 2.45) is 11.8 Å². The average molecular weight is 218 g/mol. The molecule has 2 nitrogen and oxygen atoms in total. The molecule has 3 rings (SSSR count). The average Bonchev–Trinajstić information content (AvgIpc) is 2.66. The van der Waals surface area contributed by atoms with Gasteiger partial charge in [0.05, 0.1) is 12.7 Å². The molecule has 0 unspecified atom stereocenters. The van der Waals surface area contributed by atoms with Crippen LogP contribution in [0, 0.1) is 11.8 Å². The van der Waals surface area contributed by atoms with Gasteiger partial charge >= 0.3 is 0 Å². The number of rotatable bonds is 1. The van der Waals surface area contributed by atoms with Crippen molar-refractivity contribution >= 4 is 0 Å². The molecule has 86 valence electrons. The van der Waals surface area contributed by atoms with Crippen LogP contribution >= 0.6 is 0 Å². The smallest absolute Gasteiger partial charge is 0.160 e. The minimum Gasteiger partial charge on any atom is -0.352 e. The molecule has 1 fully saturated rings. The third-order valence-corrected chi connectivity index (χ3v) is 3.57. The summed E-state index contributed by atoms with van der Waals surface area (Å²) in [7, 11) is 0. The molecular weight excluding hydrogens is 200 g/mol. The SMILES string of the molecule is CC(C)[C@H]1OC[C@H]2Cc3ccccc3[C@@H]2O1. The van der Waals surface area contributed by atoms with E-state index in [1.165, 1.54) is 11.1 Å². The zero-order valence-corrected chi connectivity index (χ0v) is 9.85. The van der Waals surface area contributed by atoms with E-state index in [0.717, 1.165) is 13.0 Å².